The van der Waals surface area contributed by atoms with E-state index >= 15 is 0 Å². The first-order valence-electron chi connectivity index (χ1n) is 13.1. The third-order valence-electron chi connectivity index (χ3n) is 8.91. The molecule has 7 unspecified atom stereocenters. The molecule has 0 bridgehead atoms. The topological polar surface area (TPSA) is 117 Å². The molecular formula is C26H41N5O4. The number of aliphatic hydroxyl groups excluding tert-OH is 1. The summed E-state index contributed by atoms with van der Waals surface area (Å²) in [5.41, 5.74) is 0.455. The Morgan fingerprint density at radius 3 is 2.63 bits per heavy atom. The molecule has 2 saturated carbocycles. The minimum Gasteiger partial charge on any atom is -0.392 e. The van der Waals surface area contributed by atoms with Crippen LogP contribution in [0.15, 0.2) is 18.7 Å². The Kier molecular flexibility index (Phi) is 8.39. The second kappa shape index (κ2) is 11.3. The van der Waals surface area contributed by atoms with E-state index in [-0.39, 0.29) is 46.9 Å². The van der Waals surface area contributed by atoms with Crippen LogP contribution < -0.4 is 10.6 Å². The van der Waals surface area contributed by atoms with Crippen molar-refractivity contribution in [3.63, 3.8) is 0 Å². The summed E-state index contributed by atoms with van der Waals surface area (Å²) in [6, 6.07) is -0.0353. The monoisotopic (exact) mass is 487 g/mol. The minimum absolute atomic E-state index is 0.0128. The number of nitrogens with zero attached hydrogens (tertiary/aromatic N) is 3. The number of hydrogen-bond donors (Lipinski definition) is 3. The first-order chi connectivity index (χ1) is 16.8. The third kappa shape index (κ3) is 5.84. The summed E-state index contributed by atoms with van der Waals surface area (Å²) in [5.74, 6) is -0.393. The lowest BCUT2D eigenvalue weighted by molar-refractivity contribution is -0.142. The normalized spacial score (nSPS) is 34.5. The van der Waals surface area contributed by atoms with E-state index in [4.69, 9.17) is 4.74 Å². The number of rotatable bonds is 7. The van der Waals surface area contributed by atoms with Crippen LogP contribution in [0.5, 0.6) is 0 Å². The predicted molar refractivity (Wildman–Crippen MR) is 131 cm³/mol. The van der Waals surface area contributed by atoms with Gasteiger partial charge in [0.05, 0.1) is 24.9 Å². The highest BCUT2D eigenvalue weighted by molar-refractivity contribution is 5.93. The zero-order chi connectivity index (χ0) is 25.0. The second-order valence-corrected chi connectivity index (χ2v) is 11.0. The minimum atomic E-state index is -0.580. The van der Waals surface area contributed by atoms with Gasteiger partial charge >= 0.3 is 0 Å². The molecule has 3 aliphatic rings. The highest BCUT2D eigenvalue weighted by Gasteiger charge is 2.53. The average molecular weight is 488 g/mol. The second-order valence-electron chi connectivity index (χ2n) is 11.0. The third-order valence-corrected chi connectivity index (χ3v) is 8.91. The van der Waals surface area contributed by atoms with Gasteiger partial charge < -0.3 is 20.5 Å². The van der Waals surface area contributed by atoms with Gasteiger partial charge in [0.25, 0.3) is 5.91 Å². The van der Waals surface area contributed by atoms with Gasteiger partial charge in [0.15, 0.2) is 0 Å². The van der Waals surface area contributed by atoms with Crippen LogP contribution in [0, 0.1) is 29.1 Å². The SMILES string of the molecule is CC(C(=O)NCCN1CCOCC1)C1CCC2(C)CCC(NC(=O)c3cncnc3)C(C)C2C1O. The van der Waals surface area contributed by atoms with Gasteiger partial charge in [-0.2, -0.15) is 0 Å². The standard InChI is InChI=1S/C26H41N5O4/c1-17(24(33)29-8-9-31-10-12-35-13-11-31)20-4-6-26(3)7-5-21(18(2)22(26)23(20)32)30-25(34)19-14-27-16-28-15-19/h14-18,20-23,32H,4-13H2,1-3H3,(H,29,33)(H,30,34). The molecule has 0 spiro atoms. The molecule has 3 fully saturated rings. The van der Waals surface area contributed by atoms with Gasteiger partial charge in [0.1, 0.15) is 6.33 Å². The zero-order valence-electron chi connectivity index (χ0n) is 21.3. The highest BCUT2D eigenvalue weighted by atomic mass is 16.5. The van der Waals surface area contributed by atoms with E-state index in [1.165, 1.54) is 18.7 Å². The van der Waals surface area contributed by atoms with Crippen molar-refractivity contribution in [2.45, 2.75) is 58.6 Å². The molecule has 1 saturated heterocycles. The molecule has 1 aromatic heterocycles. The summed E-state index contributed by atoms with van der Waals surface area (Å²) in [4.78, 5) is 35.9. The zero-order valence-corrected chi connectivity index (χ0v) is 21.3. The number of amides is 2. The van der Waals surface area contributed by atoms with Crippen molar-refractivity contribution in [1.82, 2.24) is 25.5 Å². The Bertz CT molecular complexity index is 865. The molecule has 4 rings (SSSR count). The van der Waals surface area contributed by atoms with Crippen molar-refractivity contribution in [2.75, 3.05) is 39.4 Å². The van der Waals surface area contributed by atoms with Crippen LogP contribution in [-0.4, -0.2) is 83.3 Å². The van der Waals surface area contributed by atoms with Crippen molar-refractivity contribution in [2.24, 2.45) is 29.1 Å². The van der Waals surface area contributed by atoms with Gasteiger partial charge in [-0.3, -0.25) is 14.5 Å². The van der Waals surface area contributed by atoms with Crippen LogP contribution in [0.1, 0.15) is 56.8 Å². The van der Waals surface area contributed by atoms with Gasteiger partial charge in [-0.1, -0.05) is 20.8 Å². The van der Waals surface area contributed by atoms with Gasteiger partial charge in [-0.25, -0.2) is 9.97 Å². The Morgan fingerprint density at radius 1 is 1.23 bits per heavy atom. The molecule has 35 heavy (non-hydrogen) atoms. The lowest BCUT2D eigenvalue weighted by atomic mass is 9.51. The van der Waals surface area contributed by atoms with Crippen molar-refractivity contribution in [3.05, 3.63) is 24.3 Å². The van der Waals surface area contributed by atoms with E-state index in [1.807, 2.05) is 6.92 Å². The molecule has 9 heteroatoms. The van der Waals surface area contributed by atoms with Gasteiger partial charge in [-0.15, -0.1) is 0 Å². The highest BCUT2D eigenvalue weighted by Crippen LogP contribution is 2.55. The van der Waals surface area contributed by atoms with Crippen LogP contribution in [-0.2, 0) is 9.53 Å². The molecule has 194 valence electrons. The molecular weight excluding hydrogens is 446 g/mol. The Labute approximate surface area is 208 Å². The number of aliphatic hydroxyl groups is 1. The number of carbonyl (C=O) groups is 2. The Hall–Kier alpha value is -2.10. The lowest BCUT2D eigenvalue weighted by Gasteiger charge is -2.56. The Balaban J connectivity index is 1.36. The first-order valence-corrected chi connectivity index (χ1v) is 13.1. The quantitative estimate of drug-likeness (QED) is 0.533. The molecule has 7 atom stereocenters. The molecule has 1 aromatic rings. The molecule has 2 aliphatic carbocycles. The van der Waals surface area contributed by atoms with Gasteiger partial charge in [0.2, 0.25) is 5.91 Å². The largest absolute Gasteiger partial charge is 0.392 e. The van der Waals surface area contributed by atoms with Crippen LogP contribution in [0.25, 0.3) is 0 Å². The van der Waals surface area contributed by atoms with E-state index in [9.17, 15) is 14.7 Å². The fourth-order valence-corrected chi connectivity index (χ4v) is 6.68. The van der Waals surface area contributed by atoms with Crippen molar-refractivity contribution in [3.8, 4) is 0 Å². The fraction of sp³-hybridized carbons (Fsp3) is 0.769. The van der Waals surface area contributed by atoms with Crippen LogP contribution in [0.2, 0.25) is 0 Å². The summed E-state index contributed by atoms with van der Waals surface area (Å²) in [5, 5.41) is 17.8. The van der Waals surface area contributed by atoms with Crippen LogP contribution in [0.4, 0.5) is 0 Å². The smallest absolute Gasteiger partial charge is 0.254 e. The van der Waals surface area contributed by atoms with Crippen LogP contribution in [0.3, 0.4) is 0 Å². The number of nitrogens with one attached hydrogen (secondary N) is 2. The van der Waals surface area contributed by atoms with E-state index in [0.29, 0.717) is 12.1 Å². The number of carbonyl (C=O) groups excluding carboxylic acids is 2. The van der Waals surface area contributed by atoms with E-state index in [0.717, 1.165) is 58.5 Å². The molecule has 9 nitrogen and oxygen atoms in total. The summed E-state index contributed by atoms with van der Waals surface area (Å²) in [6.45, 7) is 11.1. The average Bonchev–Trinajstić information content (AvgIpc) is 2.86. The number of fused-ring (bicyclic) bond motifs is 1. The Morgan fingerprint density at radius 2 is 1.91 bits per heavy atom. The lowest BCUT2D eigenvalue weighted by Crippen LogP contribution is -2.58. The maximum Gasteiger partial charge on any atom is 0.254 e. The molecule has 0 aromatic carbocycles. The van der Waals surface area contributed by atoms with Crippen LogP contribution >= 0.6 is 0 Å². The summed E-state index contributed by atoms with van der Waals surface area (Å²) in [7, 11) is 0. The molecule has 2 amide bonds. The number of aromatic nitrogens is 2. The summed E-state index contributed by atoms with van der Waals surface area (Å²) < 4.78 is 5.38. The van der Waals surface area contributed by atoms with E-state index < -0.39 is 6.10 Å². The summed E-state index contributed by atoms with van der Waals surface area (Å²) in [6.07, 6.45) is 7.52. The van der Waals surface area contributed by atoms with Gasteiger partial charge in [0, 0.05) is 50.5 Å². The number of morpholine rings is 1. The molecule has 2 heterocycles. The van der Waals surface area contributed by atoms with Crippen molar-refractivity contribution >= 4 is 11.8 Å². The predicted octanol–water partition coefficient (Wildman–Crippen LogP) is 1.48. The van der Waals surface area contributed by atoms with Crippen molar-refractivity contribution < 1.29 is 19.4 Å². The first kappa shape index (κ1) is 26.0. The number of ether oxygens (including phenoxy) is 1. The summed E-state index contributed by atoms with van der Waals surface area (Å²) >= 11 is 0. The van der Waals surface area contributed by atoms with E-state index in [1.54, 1.807) is 0 Å². The molecule has 1 aliphatic heterocycles. The fourth-order valence-electron chi connectivity index (χ4n) is 6.68. The molecule has 3 N–H and O–H groups in total. The van der Waals surface area contributed by atoms with E-state index in [2.05, 4.69) is 39.3 Å². The molecule has 0 radical (unpaired) electrons. The maximum absolute atomic E-state index is 13.0. The van der Waals surface area contributed by atoms with Crippen molar-refractivity contribution in [1.29, 1.82) is 0 Å². The maximum atomic E-state index is 13.0. The number of hydrogen-bond acceptors (Lipinski definition) is 7. The van der Waals surface area contributed by atoms with Gasteiger partial charge in [-0.05, 0) is 48.9 Å².